The highest BCUT2D eigenvalue weighted by atomic mass is 16.3. The molecule has 2 unspecified atom stereocenters. The molecule has 0 aliphatic rings. The number of amides is 1. The first-order valence-electron chi connectivity index (χ1n) is 8.97. The molecular formula is C22H24N2O2. The molecular weight excluding hydrogens is 324 g/mol. The highest BCUT2D eigenvalue weighted by molar-refractivity contribution is 5.92. The van der Waals surface area contributed by atoms with Crippen LogP contribution in [0.1, 0.15) is 30.4 Å². The summed E-state index contributed by atoms with van der Waals surface area (Å²) in [5.74, 6) is -0.341. The third-order valence-electron chi connectivity index (χ3n) is 4.78. The van der Waals surface area contributed by atoms with Gasteiger partial charge in [-0.2, -0.15) is 0 Å². The van der Waals surface area contributed by atoms with Crippen molar-refractivity contribution >= 4 is 16.7 Å². The third-order valence-corrected chi connectivity index (χ3v) is 4.78. The number of benzene rings is 2. The molecule has 2 atom stereocenters. The molecule has 3 aromatic rings. The number of aromatic nitrogens is 1. The molecule has 2 aromatic carbocycles. The van der Waals surface area contributed by atoms with E-state index in [0.29, 0.717) is 6.42 Å². The molecule has 4 nitrogen and oxygen atoms in total. The van der Waals surface area contributed by atoms with E-state index in [2.05, 4.69) is 22.4 Å². The minimum atomic E-state index is -0.281. The topological polar surface area (TPSA) is 62.2 Å². The van der Waals surface area contributed by atoms with Gasteiger partial charge < -0.3 is 10.4 Å². The van der Waals surface area contributed by atoms with Gasteiger partial charge in [-0.3, -0.25) is 9.78 Å². The number of carbonyl (C=O) groups is 1. The van der Waals surface area contributed by atoms with Gasteiger partial charge in [0.05, 0.1) is 18.6 Å². The Morgan fingerprint density at radius 1 is 1.08 bits per heavy atom. The van der Waals surface area contributed by atoms with Crippen LogP contribution in [0.2, 0.25) is 0 Å². The van der Waals surface area contributed by atoms with Gasteiger partial charge in [0.2, 0.25) is 5.91 Å². The summed E-state index contributed by atoms with van der Waals surface area (Å²) in [4.78, 5) is 16.7. The number of nitrogens with zero attached hydrogens (tertiary/aromatic N) is 1. The predicted molar refractivity (Wildman–Crippen MR) is 104 cm³/mol. The molecule has 3 rings (SSSR count). The standard InChI is InChI=1S/C22H24N2O2/c1-16(20-8-4-6-18-5-2-3-7-21(18)20)22(26)24-19(15-25)10-9-17-11-13-23-14-12-17/h2-8,11-14,16,19,25H,9-10,15H2,1H3,(H,24,26). The van der Waals surface area contributed by atoms with Crippen LogP contribution in [0.5, 0.6) is 0 Å². The molecule has 0 aliphatic carbocycles. The molecule has 0 saturated carbocycles. The van der Waals surface area contributed by atoms with Gasteiger partial charge in [-0.15, -0.1) is 0 Å². The van der Waals surface area contributed by atoms with Crippen molar-refractivity contribution in [3.63, 3.8) is 0 Å². The van der Waals surface area contributed by atoms with E-state index in [4.69, 9.17) is 0 Å². The Morgan fingerprint density at radius 3 is 2.58 bits per heavy atom. The van der Waals surface area contributed by atoms with Crippen LogP contribution in [-0.4, -0.2) is 28.6 Å². The third kappa shape index (κ3) is 4.27. The largest absolute Gasteiger partial charge is 0.394 e. The van der Waals surface area contributed by atoms with Gasteiger partial charge in [-0.05, 0) is 53.8 Å². The molecule has 0 saturated heterocycles. The number of fused-ring (bicyclic) bond motifs is 1. The molecule has 26 heavy (non-hydrogen) atoms. The Kier molecular flexibility index (Phi) is 5.97. The molecule has 1 heterocycles. The monoisotopic (exact) mass is 348 g/mol. The van der Waals surface area contributed by atoms with Crippen molar-refractivity contribution < 1.29 is 9.90 Å². The van der Waals surface area contributed by atoms with Crippen LogP contribution in [0, 0.1) is 0 Å². The number of nitrogens with one attached hydrogen (secondary N) is 1. The fourth-order valence-corrected chi connectivity index (χ4v) is 3.19. The highest BCUT2D eigenvalue weighted by Crippen LogP contribution is 2.25. The number of aliphatic hydroxyl groups is 1. The van der Waals surface area contributed by atoms with Crippen LogP contribution in [0.25, 0.3) is 10.8 Å². The number of carbonyl (C=O) groups excluding carboxylic acids is 1. The van der Waals surface area contributed by atoms with Crippen molar-refractivity contribution in [2.45, 2.75) is 31.7 Å². The van der Waals surface area contributed by atoms with Crippen molar-refractivity contribution in [3.05, 3.63) is 78.1 Å². The zero-order valence-electron chi connectivity index (χ0n) is 14.9. The van der Waals surface area contributed by atoms with Crippen molar-refractivity contribution in [2.24, 2.45) is 0 Å². The van der Waals surface area contributed by atoms with Crippen LogP contribution in [0.15, 0.2) is 67.0 Å². The second kappa shape index (κ2) is 8.59. The quantitative estimate of drug-likeness (QED) is 0.687. The lowest BCUT2D eigenvalue weighted by molar-refractivity contribution is -0.123. The second-order valence-corrected chi connectivity index (χ2v) is 6.57. The zero-order valence-corrected chi connectivity index (χ0v) is 14.9. The Morgan fingerprint density at radius 2 is 1.81 bits per heavy atom. The second-order valence-electron chi connectivity index (χ2n) is 6.57. The summed E-state index contributed by atoms with van der Waals surface area (Å²) in [5.41, 5.74) is 2.15. The first-order chi connectivity index (χ1) is 12.7. The number of pyridine rings is 1. The van der Waals surface area contributed by atoms with Crippen molar-refractivity contribution in [3.8, 4) is 0 Å². The summed E-state index contributed by atoms with van der Waals surface area (Å²) in [7, 11) is 0. The molecule has 0 bridgehead atoms. The summed E-state index contributed by atoms with van der Waals surface area (Å²) in [5, 5.41) is 14.9. The van der Waals surface area contributed by atoms with E-state index in [1.54, 1.807) is 12.4 Å². The molecule has 4 heteroatoms. The zero-order chi connectivity index (χ0) is 18.4. The van der Waals surface area contributed by atoms with Gasteiger partial charge in [0.1, 0.15) is 0 Å². The molecule has 0 fully saturated rings. The van der Waals surface area contributed by atoms with Crippen molar-refractivity contribution in [1.82, 2.24) is 10.3 Å². The minimum absolute atomic E-state index is 0.0601. The number of hydrogen-bond donors (Lipinski definition) is 2. The van der Waals surface area contributed by atoms with E-state index < -0.39 is 0 Å². The van der Waals surface area contributed by atoms with E-state index in [9.17, 15) is 9.90 Å². The van der Waals surface area contributed by atoms with E-state index in [-0.39, 0.29) is 24.5 Å². The maximum absolute atomic E-state index is 12.7. The summed E-state index contributed by atoms with van der Waals surface area (Å²) >= 11 is 0. The van der Waals surface area contributed by atoms with E-state index in [1.165, 1.54) is 0 Å². The predicted octanol–water partition coefficient (Wildman–Crippen LogP) is 3.45. The average molecular weight is 348 g/mol. The van der Waals surface area contributed by atoms with Crippen LogP contribution in [0.3, 0.4) is 0 Å². The highest BCUT2D eigenvalue weighted by Gasteiger charge is 2.20. The number of aryl methyl sites for hydroxylation is 1. The molecule has 0 aliphatic heterocycles. The average Bonchev–Trinajstić information content (AvgIpc) is 2.70. The Hall–Kier alpha value is -2.72. The van der Waals surface area contributed by atoms with E-state index in [0.717, 1.165) is 28.3 Å². The Balaban J connectivity index is 1.67. The van der Waals surface area contributed by atoms with Gasteiger partial charge >= 0.3 is 0 Å². The number of hydrogen-bond acceptors (Lipinski definition) is 3. The molecule has 1 aromatic heterocycles. The summed E-state index contributed by atoms with van der Waals surface area (Å²) in [6.45, 7) is 1.84. The van der Waals surface area contributed by atoms with Gasteiger partial charge in [0.25, 0.3) is 0 Å². The van der Waals surface area contributed by atoms with Gasteiger partial charge in [-0.1, -0.05) is 42.5 Å². The first kappa shape index (κ1) is 18.1. The van der Waals surface area contributed by atoms with Crippen molar-refractivity contribution in [2.75, 3.05) is 6.61 Å². The van der Waals surface area contributed by atoms with Gasteiger partial charge in [-0.25, -0.2) is 0 Å². The number of rotatable bonds is 7. The fraction of sp³-hybridized carbons (Fsp3) is 0.273. The summed E-state index contributed by atoms with van der Waals surface area (Å²) in [6, 6.07) is 17.8. The lowest BCUT2D eigenvalue weighted by atomic mass is 9.93. The van der Waals surface area contributed by atoms with Crippen LogP contribution in [0.4, 0.5) is 0 Å². The molecule has 0 radical (unpaired) electrons. The van der Waals surface area contributed by atoms with Crippen LogP contribution >= 0.6 is 0 Å². The van der Waals surface area contributed by atoms with Crippen LogP contribution in [-0.2, 0) is 11.2 Å². The fourth-order valence-electron chi connectivity index (χ4n) is 3.19. The van der Waals surface area contributed by atoms with Gasteiger partial charge in [0, 0.05) is 12.4 Å². The van der Waals surface area contributed by atoms with Gasteiger partial charge in [0.15, 0.2) is 0 Å². The summed E-state index contributed by atoms with van der Waals surface area (Å²) < 4.78 is 0. The van der Waals surface area contributed by atoms with E-state index in [1.807, 2.05) is 49.4 Å². The first-order valence-corrected chi connectivity index (χ1v) is 8.97. The van der Waals surface area contributed by atoms with Crippen LogP contribution < -0.4 is 5.32 Å². The van der Waals surface area contributed by atoms with Crippen molar-refractivity contribution in [1.29, 1.82) is 0 Å². The smallest absolute Gasteiger partial charge is 0.227 e. The maximum atomic E-state index is 12.7. The minimum Gasteiger partial charge on any atom is -0.394 e. The molecule has 134 valence electrons. The SMILES string of the molecule is CC(C(=O)NC(CO)CCc1ccncc1)c1cccc2ccccc12. The molecule has 2 N–H and O–H groups in total. The Labute approximate surface area is 153 Å². The number of aliphatic hydroxyl groups excluding tert-OH is 1. The lowest BCUT2D eigenvalue weighted by Gasteiger charge is -2.20. The normalized spacial score (nSPS) is 13.3. The van der Waals surface area contributed by atoms with E-state index >= 15 is 0 Å². The lowest BCUT2D eigenvalue weighted by Crippen LogP contribution is -2.40. The summed E-state index contributed by atoms with van der Waals surface area (Å²) in [6.07, 6.45) is 4.99. The Bertz CT molecular complexity index is 859. The molecule has 0 spiro atoms. The molecule has 1 amide bonds. The maximum Gasteiger partial charge on any atom is 0.227 e.